The van der Waals surface area contributed by atoms with Crippen LogP contribution in [0.2, 0.25) is 0 Å². The summed E-state index contributed by atoms with van der Waals surface area (Å²) < 4.78 is 0. The molecule has 0 heterocycles. The topological polar surface area (TPSA) is 98.2 Å². The molecule has 0 aromatic rings. The Morgan fingerprint density at radius 2 is 1.88 bits per heavy atom. The molecule has 0 radical (unpaired) electrons. The van der Waals surface area contributed by atoms with E-state index >= 15 is 0 Å². The maximum atomic E-state index is 11.5. The number of amides is 2. The first-order valence-electron chi connectivity index (χ1n) is 5.89. The van der Waals surface area contributed by atoms with Crippen LogP contribution in [0.25, 0.3) is 0 Å². The molecule has 0 saturated heterocycles. The Kier molecular flexibility index (Phi) is 4.73. The third kappa shape index (κ3) is 3.48. The molecule has 5 nitrogen and oxygen atoms in total. The zero-order chi connectivity index (χ0) is 12.1. The van der Waals surface area contributed by atoms with Crippen molar-refractivity contribution in [3.8, 4) is 0 Å². The summed E-state index contributed by atoms with van der Waals surface area (Å²) in [5.74, 6) is -0.340. The molecule has 0 aliphatic heterocycles. The lowest BCUT2D eigenvalue weighted by molar-refractivity contribution is -0.124. The summed E-state index contributed by atoms with van der Waals surface area (Å²) in [6.45, 7) is 1.88. The van der Waals surface area contributed by atoms with Gasteiger partial charge in [0.2, 0.25) is 11.8 Å². The van der Waals surface area contributed by atoms with E-state index in [4.69, 9.17) is 11.5 Å². The standard InChI is InChI=1S/C11H21N3O2/c1-2-9(12)11(16)14-8-5-3-7(4-6-8)10(13)15/h7-9H,2-6,12H2,1H3,(H2,13,15)(H,14,16)/t7?,8?,9-/m1/s1. The smallest absolute Gasteiger partial charge is 0.237 e. The summed E-state index contributed by atoms with van der Waals surface area (Å²) in [6, 6.07) is -0.269. The van der Waals surface area contributed by atoms with Crippen LogP contribution in [0.1, 0.15) is 39.0 Å². The van der Waals surface area contributed by atoms with Crippen molar-refractivity contribution >= 4 is 11.8 Å². The number of hydrogen-bond donors (Lipinski definition) is 3. The van der Waals surface area contributed by atoms with Crippen molar-refractivity contribution in [3.63, 3.8) is 0 Å². The van der Waals surface area contributed by atoms with Crippen molar-refractivity contribution in [1.82, 2.24) is 5.32 Å². The maximum Gasteiger partial charge on any atom is 0.237 e. The summed E-state index contributed by atoms with van der Waals surface area (Å²) in [5, 5.41) is 2.91. The van der Waals surface area contributed by atoms with E-state index in [0.29, 0.717) is 6.42 Å². The minimum absolute atomic E-state index is 0.0204. The van der Waals surface area contributed by atoms with Gasteiger partial charge in [0.05, 0.1) is 6.04 Å². The SMILES string of the molecule is CC[C@@H](N)C(=O)NC1CCC(C(N)=O)CC1. The third-order valence-electron chi connectivity index (χ3n) is 3.25. The lowest BCUT2D eigenvalue weighted by atomic mass is 9.85. The van der Waals surface area contributed by atoms with Gasteiger partial charge in [0.25, 0.3) is 0 Å². The maximum absolute atomic E-state index is 11.5. The van der Waals surface area contributed by atoms with Crippen molar-refractivity contribution in [2.45, 2.75) is 51.1 Å². The van der Waals surface area contributed by atoms with Crippen molar-refractivity contribution in [3.05, 3.63) is 0 Å². The van der Waals surface area contributed by atoms with Crippen LogP contribution in [-0.2, 0) is 9.59 Å². The summed E-state index contributed by atoms with van der Waals surface area (Å²) in [4.78, 5) is 22.5. The molecule has 0 bridgehead atoms. The molecule has 1 aliphatic carbocycles. The molecule has 1 rings (SSSR count). The number of carbonyl (C=O) groups is 2. The fourth-order valence-electron chi connectivity index (χ4n) is 2.02. The molecule has 2 amide bonds. The molecule has 1 aliphatic rings. The monoisotopic (exact) mass is 227 g/mol. The highest BCUT2D eigenvalue weighted by molar-refractivity contribution is 5.81. The minimum Gasteiger partial charge on any atom is -0.369 e. The van der Waals surface area contributed by atoms with Gasteiger partial charge in [-0.1, -0.05) is 6.92 Å². The number of rotatable bonds is 4. The second-order valence-corrected chi connectivity index (χ2v) is 4.47. The number of hydrogen-bond acceptors (Lipinski definition) is 3. The summed E-state index contributed by atoms with van der Waals surface area (Å²) in [5.41, 5.74) is 10.9. The molecule has 1 fully saturated rings. The lowest BCUT2D eigenvalue weighted by Crippen LogP contribution is -2.46. The molecule has 0 aromatic carbocycles. The van der Waals surface area contributed by atoms with Gasteiger partial charge in [-0.25, -0.2) is 0 Å². The van der Waals surface area contributed by atoms with Crippen LogP contribution in [0.5, 0.6) is 0 Å². The fourth-order valence-corrected chi connectivity index (χ4v) is 2.02. The number of carbonyl (C=O) groups excluding carboxylic acids is 2. The Morgan fingerprint density at radius 1 is 1.31 bits per heavy atom. The normalized spacial score (nSPS) is 27.1. The fraction of sp³-hybridized carbons (Fsp3) is 0.818. The molecule has 5 heteroatoms. The Labute approximate surface area is 95.9 Å². The highest BCUT2D eigenvalue weighted by Crippen LogP contribution is 2.23. The predicted octanol–water partition coefficient (Wildman–Crippen LogP) is -0.116. The van der Waals surface area contributed by atoms with Crippen LogP contribution >= 0.6 is 0 Å². The average molecular weight is 227 g/mol. The van der Waals surface area contributed by atoms with E-state index in [2.05, 4.69) is 5.32 Å². The largest absolute Gasteiger partial charge is 0.369 e. The second kappa shape index (κ2) is 5.84. The molecule has 1 saturated carbocycles. The molecule has 5 N–H and O–H groups in total. The van der Waals surface area contributed by atoms with Crippen LogP contribution < -0.4 is 16.8 Å². The summed E-state index contributed by atoms with van der Waals surface area (Å²) in [7, 11) is 0. The van der Waals surface area contributed by atoms with Crippen LogP contribution in [0.4, 0.5) is 0 Å². The van der Waals surface area contributed by atoms with E-state index in [1.807, 2.05) is 6.92 Å². The zero-order valence-electron chi connectivity index (χ0n) is 9.74. The van der Waals surface area contributed by atoms with Gasteiger partial charge < -0.3 is 16.8 Å². The van der Waals surface area contributed by atoms with Gasteiger partial charge in [0.15, 0.2) is 0 Å². The summed E-state index contributed by atoms with van der Waals surface area (Å²) in [6.07, 6.45) is 3.80. The number of nitrogens with one attached hydrogen (secondary N) is 1. The Bertz CT molecular complexity index is 260. The zero-order valence-corrected chi connectivity index (χ0v) is 9.74. The highest BCUT2D eigenvalue weighted by atomic mass is 16.2. The average Bonchev–Trinajstić information content (AvgIpc) is 2.28. The first kappa shape index (κ1) is 13.0. The van der Waals surface area contributed by atoms with E-state index < -0.39 is 6.04 Å². The van der Waals surface area contributed by atoms with Crippen LogP contribution in [0.15, 0.2) is 0 Å². The van der Waals surface area contributed by atoms with E-state index in [1.165, 1.54) is 0 Å². The highest BCUT2D eigenvalue weighted by Gasteiger charge is 2.26. The third-order valence-corrected chi connectivity index (χ3v) is 3.25. The van der Waals surface area contributed by atoms with E-state index in [1.54, 1.807) is 0 Å². The van der Waals surface area contributed by atoms with Crippen molar-refractivity contribution in [1.29, 1.82) is 0 Å². The summed E-state index contributed by atoms with van der Waals surface area (Å²) >= 11 is 0. The first-order valence-corrected chi connectivity index (χ1v) is 5.89. The van der Waals surface area contributed by atoms with Crippen LogP contribution in [0.3, 0.4) is 0 Å². The van der Waals surface area contributed by atoms with Crippen LogP contribution in [0, 0.1) is 5.92 Å². The second-order valence-electron chi connectivity index (χ2n) is 4.47. The van der Waals surface area contributed by atoms with Gasteiger partial charge in [-0.05, 0) is 32.1 Å². The van der Waals surface area contributed by atoms with E-state index in [9.17, 15) is 9.59 Å². The Morgan fingerprint density at radius 3 is 2.31 bits per heavy atom. The molecule has 0 unspecified atom stereocenters. The molecule has 92 valence electrons. The number of primary amides is 1. The molecular weight excluding hydrogens is 206 g/mol. The van der Waals surface area contributed by atoms with Gasteiger partial charge in [-0.15, -0.1) is 0 Å². The molecule has 0 spiro atoms. The van der Waals surface area contributed by atoms with E-state index in [0.717, 1.165) is 25.7 Å². The lowest BCUT2D eigenvalue weighted by Gasteiger charge is -2.28. The molecule has 16 heavy (non-hydrogen) atoms. The van der Waals surface area contributed by atoms with Gasteiger partial charge in [-0.2, -0.15) is 0 Å². The van der Waals surface area contributed by atoms with Crippen molar-refractivity contribution in [2.75, 3.05) is 0 Å². The Hall–Kier alpha value is -1.10. The van der Waals surface area contributed by atoms with Gasteiger partial charge in [0, 0.05) is 12.0 Å². The molecular formula is C11H21N3O2. The number of nitrogens with two attached hydrogens (primary N) is 2. The quantitative estimate of drug-likeness (QED) is 0.624. The van der Waals surface area contributed by atoms with Crippen LogP contribution in [-0.4, -0.2) is 23.9 Å². The first-order chi connectivity index (χ1) is 7.54. The molecule has 0 aromatic heterocycles. The van der Waals surface area contributed by atoms with Gasteiger partial charge >= 0.3 is 0 Å². The minimum atomic E-state index is -0.422. The van der Waals surface area contributed by atoms with Crippen molar-refractivity contribution < 1.29 is 9.59 Å². The van der Waals surface area contributed by atoms with Gasteiger partial charge in [-0.3, -0.25) is 9.59 Å². The van der Waals surface area contributed by atoms with E-state index in [-0.39, 0.29) is 23.8 Å². The Balaban J connectivity index is 2.32. The van der Waals surface area contributed by atoms with Crippen molar-refractivity contribution in [2.24, 2.45) is 17.4 Å². The predicted molar refractivity (Wildman–Crippen MR) is 61.3 cm³/mol. The van der Waals surface area contributed by atoms with Gasteiger partial charge in [0.1, 0.15) is 0 Å². The molecule has 1 atom stereocenters.